The summed E-state index contributed by atoms with van der Waals surface area (Å²) in [6.07, 6.45) is -2.85. The molecular weight excluding hydrogens is 540 g/mol. The van der Waals surface area contributed by atoms with Gasteiger partial charge in [0.2, 0.25) is 5.76 Å². The summed E-state index contributed by atoms with van der Waals surface area (Å²) in [5.41, 5.74) is 4.76. The monoisotopic (exact) mass is 573 g/mol. The number of allylic oxidation sites excluding steroid dienone is 4. The minimum absolute atomic E-state index is 0.00838. The Morgan fingerprint density at radius 2 is 1.43 bits per heavy atom. The molecule has 2 N–H and O–H groups in total. The molecule has 0 radical (unpaired) electrons. The Kier molecular flexibility index (Phi) is 9.70. The first-order valence-electron chi connectivity index (χ1n) is 13.5. The van der Waals surface area contributed by atoms with Crippen LogP contribution >= 0.6 is 0 Å². The van der Waals surface area contributed by atoms with Gasteiger partial charge in [-0.15, -0.1) is 0 Å². The molecule has 0 spiro atoms. The molecule has 0 saturated carbocycles. The number of benzene rings is 3. The first kappa shape index (κ1) is 30.4. The molecule has 0 aromatic heterocycles. The number of aliphatic hydroxyl groups is 1. The molecule has 3 aromatic rings. The van der Waals surface area contributed by atoms with E-state index in [2.05, 4.69) is 11.9 Å². The van der Waals surface area contributed by atoms with Crippen molar-refractivity contribution in [3.05, 3.63) is 131 Å². The number of alkyl carbamates (subject to hydrolysis) is 1. The van der Waals surface area contributed by atoms with E-state index >= 15 is 0 Å². The smallest absolute Gasteiger partial charge is 0.407 e. The Hall–Kier alpha value is -4.56. The third-order valence-electron chi connectivity index (χ3n) is 6.98. The molecule has 218 valence electrons. The average Bonchev–Trinajstić information content (AvgIpc) is 3.31. The van der Waals surface area contributed by atoms with Gasteiger partial charge in [0.05, 0.1) is 6.04 Å². The standard InChI is InChI=1S/C34H33F2NO5/c1-20(2)29(35)32(30(36)21(3)4)42-33(39)31(38)28(18-22-12-6-5-7-13-22)37-34(40)41-19-27-25-16-10-8-14-23(25)24-15-9-11-17-26(24)27/h5-17,27-28,31,38H,1,18-19H2,2-4H3,(H,37,40). The number of hydrogen-bond donors (Lipinski definition) is 2. The Morgan fingerprint density at radius 3 is 1.98 bits per heavy atom. The molecule has 2 atom stereocenters. The largest absolute Gasteiger partial charge is 0.449 e. The van der Waals surface area contributed by atoms with Crippen molar-refractivity contribution in [3.63, 3.8) is 0 Å². The van der Waals surface area contributed by atoms with Gasteiger partial charge in [-0.05, 0) is 66.2 Å². The topological polar surface area (TPSA) is 84.9 Å². The van der Waals surface area contributed by atoms with Gasteiger partial charge in [0, 0.05) is 5.92 Å². The summed E-state index contributed by atoms with van der Waals surface area (Å²) in [5, 5.41) is 13.5. The molecule has 0 heterocycles. The van der Waals surface area contributed by atoms with Crippen molar-refractivity contribution in [1.29, 1.82) is 0 Å². The number of rotatable bonds is 10. The summed E-state index contributed by atoms with van der Waals surface area (Å²) in [5.74, 6) is -4.79. The molecule has 1 aliphatic carbocycles. The average molecular weight is 574 g/mol. The zero-order valence-corrected chi connectivity index (χ0v) is 23.7. The van der Waals surface area contributed by atoms with Gasteiger partial charge >= 0.3 is 12.1 Å². The summed E-state index contributed by atoms with van der Waals surface area (Å²) < 4.78 is 40.0. The van der Waals surface area contributed by atoms with Crippen LogP contribution in [-0.4, -0.2) is 35.9 Å². The van der Waals surface area contributed by atoms with E-state index in [1.165, 1.54) is 20.8 Å². The number of carbonyl (C=O) groups excluding carboxylic acids is 2. The van der Waals surface area contributed by atoms with Crippen molar-refractivity contribution in [2.24, 2.45) is 0 Å². The zero-order chi connectivity index (χ0) is 30.4. The maximum Gasteiger partial charge on any atom is 0.407 e. The lowest BCUT2D eigenvalue weighted by molar-refractivity contribution is -0.150. The molecule has 4 rings (SSSR count). The Labute approximate surface area is 244 Å². The van der Waals surface area contributed by atoms with Crippen LogP contribution in [0.1, 0.15) is 43.4 Å². The highest BCUT2D eigenvalue weighted by Gasteiger charge is 2.34. The van der Waals surface area contributed by atoms with Crippen LogP contribution in [0.3, 0.4) is 0 Å². The van der Waals surface area contributed by atoms with Crippen molar-refractivity contribution in [2.45, 2.75) is 45.3 Å². The first-order chi connectivity index (χ1) is 20.1. The van der Waals surface area contributed by atoms with Crippen LogP contribution in [0.15, 0.2) is 114 Å². The van der Waals surface area contributed by atoms with Gasteiger partial charge in [-0.3, -0.25) is 0 Å². The number of nitrogens with one attached hydrogen (secondary N) is 1. The third-order valence-corrected chi connectivity index (χ3v) is 6.98. The zero-order valence-electron chi connectivity index (χ0n) is 23.7. The summed E-state index contributed by atoms with van der Waals surface area (Å²) in [7, 11) is 0. The van der Waals surface area contributed by atoms with Crippen LogP contribution in [0.25, 0.3) is 11.1 Å². The van der Waals surface area contributed by atoms with E-state index in [0.29, 0.717) is 5.56 Å². The van der Waals surface area contributed by atoms with Crippen molar-refractivity contribution in [1.82, 2.24) is 5.32 Å². The molecule has 8 heteroatoms. The SMILES string of the molecule is C=C(C)C(F)=C(OC(=O)C(O)C(Cc1ccccc1)NC(=O)OCC1c2ccccc2-c2ccccc21)C(F)=C(C)C. The van der Waals surface area contributed by atoms with Gasteiger partial charge in [-0.2, -0.15) is 0 Å². The maximum absolute atomic E-state index is 14.7. The van der Waals surface area contributed by atoms with Crippen LogP contribution in [0.2, 0.25) is 0 Å². The number of halogens is 2. The number of amides is 1. The maximum atomic E-state index is 14.7. The van der Waals surface area contributed by atoms with Gasteiger partial charge < -0.3 is 19.9 Å². The molecule has 0 bridgehead atoms. The van der Waals surface area contributed by atoms with E-state index < -0.39 is 41.6 Å². The van der Waals surface area contributed by atoms with E-state index in [-0.39, 0.29) is 30.1 Å². The Morgan fingerprint density at radius 1 is 0.881 bits per heavy atom. The van der Waals surface area contributed by atoms with Crippen molar-refractivity contribution in [3.8, 4) is 11.1 Å². The van der Waals surface area contributed by atoms with Gasteiger partial charge in [-0.25, -0.2) is 18.4 Å². The van der Waals surface area contributed by atoms with Crippen LogP contribution in [-0.2, 0) is 20.7 Å². The number of carbonyl (C=O) groups is 2. The van der Waals surface area contributed by atoms with Gasteiger partial charge in [0.1, 0.15) is 6.61 Å². The number of fused-ring (bicyclic) bond motifs is 3. The fraction of sp³-hybridized carbons (Fsp3) is 0.235. The number of ether oxygens (including phenoxy) is 2. The quantitative estimate of drug-likeness (QED) is 0.154. The van der Waals surface area contributed by atoms with E-state index in [0.717, 1.165) is 22.3 Å². The summed E-state index contributed by atoms with van der Waals surface area (Å²) in [6, 6.07) is 23.3. The summed E-state index contributed by atoms with van der Waals surface area (Å²) in [6.45, 7) is 7.49. The van der Waals surface area contributed by atoms with Crippen LogP contribution < -0.4 is 5.32 Å². The predicted octanol–water partition coefficient (Wildman–Crippen LogP) is 7.06. The molecular formula is C34H33F2NO5. The minimum atomic E-state index is -1.98. The van der Waals surface area contributed by atoms with Gasteiger partial charge in [-0.1, -0.05) is 85.4 Å². The lowest BCUT2D eigenvalue weighted by Gasteiger charge is -2.24. The molecule has 2 unspecified atom stereocenters. The second-order valence-electron chi connectivity index (χ2n) is 10.4. The number of hydrogen-bond acceptors (Lipinski definition) is 5. The minimum Gasteiger partial charge on any atom is -0.449 e. The lowest BCUT2D eigenvalue weighted by atomic mass is 9.98. The van der Waals surface area contributed by atoms with Crippen LogP contribution in [0.5, 0.6) is 0 Å². The van der Waals surface area contributed by atoms with Crippen molar-refractivity contribution in [2.75, 3.05) is 6.61 Å². The Bertz CT molecular complexity index is 1500. The summed E-state index contributed by atoms with van der Waals surface area (Å²) >= 11 is 0. The van der Waals surface area contributed by atoms with Gasteiger partial charge in [0.25, 0.3) is 0 Å². The Balaban J connectivity index is 1.52. The normalized spacial score (nSPS) is 14.0. The highest BCUT2D eigenvalue weighted by molar-refractivity contribution is 5.80. The first-order valence-corrected chi connectivity index (χ1v) is 13.5. The fourth-order valence-electron chi connectivity index (χ4n) is 4.83. The molecule has 0 aliphatic heterocycles. The highest BCUT2D eigenvalue weighted by Crippen LogP contribution is 2.44. The molecule has 1 amide bonds. The molecule has 0 fully saturated rings. The molecule has 6 nitrogen and oxygen atoms in total. The van der Waals surface area contributed by atoms with Crippen LogP contribution in [0, 0.1) is 0 Å². The predicted molar refractivity (Wildman–Crippen MR) is 157 cm³/mol. The summed E-state index contributed by atoms with van der Waals surface area (Å²) in [4.78, 5) is 26.0. The van der Waals surface area contributed by atoms with Gasteiger partial charge in [0.15, 0.2) is 17.8 Å². The molecule has 42 heavy (non-hydrogen) atoms. The second kappa shape index (κ2) is 13.4. The van der Waals surface area contributed by atoms with E-state index in [4.69, 9.17) is 9.47 Å². The third kappa shape index (κ3) is 6.83. The number of aliphatic hydroxyl groups excluding tert-OH is 1. The van der Waals surface area contributed by atoms with E-state index in [9.17, 15) is 23.5 Å². The van der Waals surface area contributed by atoms with E-state index in [1.54, 1.807) is 30.3 Å². The fourth-order valence-corrected chi connectivity index (χ4v) is 4.83. The lowest BCUT2D eigenvalue weighted by Crippen LogP contribution is -2.49. The molecule has 1 aliphatic rings. The van der Waals surface area contributed by atoms with Crippen molar-refractivity contribution < 1.29 is 33.0 Å². The molecule has 3 aromatic carbocycles. The highest BCUT2D eigenvalue weighted by atomic mass is 19.1. The number of esters is 1. The van der Waals surface area contributed by atoms with E-state index in [1.807, 2.05) is 48.5 Å². The molecule has 0 saturated heterocycles. The second-order valence-corrected chi connectivity index (χ2v) is 10.4. The van der Waals surface area contributed by atoms with Crippen LogP contribution in [0.4, 0.5) is 13.6 Å². The van der Waals surface area contributed by atoms with Crippen molar-refractivity contribution >= 4 is 12.1 Å².